The maximum absolute atomic E-state index is 12.7. The Morgan fingerprint density at radius 3 is 2.45 bits per heavy atom. The molecule has 0 unspecified atom stereocenters. The van der Waals surface area contributed by atoms with E-state index in [1.165, 1.54) is 0 Å². The summed E-state index contributed by atoms with van der Waals surface area (Å²) in [5.74, 6) is 2.36. The van der Waals surface area contributed by atoms with Gasteiger partial charge in [0.05, 0.1) is 18.6 Å². The molecule has 1 saturated heterocycles. The monoisotopic (exact) mass is 629 g/mol. The number of carbonyl (C=O) groups is 3. The minimum Gasteiger partial charge on any atom is -0.479 e. The van der Waals surface area contributed by atoms with Crippen molar-refractivity contribution in [3.63, 3.8) is 0 Å². The van der Waals surface area contributed by atoms with Crippen LogP contribution in [0.15, 0.2) is 47.4 Å². The first-order valence-electron chi connectivity index (χ1n) is 8.29. The average Bonchev–Trinajstić information content (AvgIpc) is 2.95. The van der Waals surface area contributed by atoms with Crippen molar-refractivity contribution in [2.45, 2.75) is 0 Å². The Bertz CT molecular complexity index is 1040. The number of imide groups is 1. The van der Waals surface area contributed by atoms with Crippen molar-refractivity contribution < 1.29 is 19.1 Å². The molecule has 2 amide bonds. The van der Waals surface area contributed by atoms with Gasteiger partial charge in [0.1, 0.15) is 12.4 Å². The van der Waals surface area contributed by atoms with Crippen molar-refractivity contribution in [2.24, 2.45) is 0 Å². The number of benzene rings is 2. The zero-order chi connectivity index (χ0) is 21.0. The molecular weight excluding hydrogens is 616 g/mol. The molecule has 5 nitrogen and oxygen atoms in total. The fraction of sp³-hybridized carbons (Fsp3) is 0.0952. The number of carbonyl (C=O) groups excluding carboxylic acids is 3. The van der Waals surface area contributed by atoms with Gasteiger partial charge in [0.25, 0.3) is 11.1 Å². The summed E-state index contributed by atoms with van der Waals surface area (Å²) in [7, 11) is 0. The first-order chi connectivity index (χ1) is 13.9. The van der Waals surface area contributed by atoms with Crippen molar-refractivity contribution in [2.75, 3.05) is 13.2 Å². The summed E-state index contributed by atoms with van der Waals surface area (Å²) >= 11 is 5.09. The van der Waals surface area contributed by atoms with E-state index in [0.717, 1.165) is 29.4 Å². The van der Waals surface area contributed by atoms with Gasteiger partial charge in [-0.1, -0.05) is 36.3 Å². The van der Waals surface area contributed by atoms with Crippen molar-refractivity contribution in [3.8, 4) is 18.1 Å². The third-order valence-electron chi connectivity index (χ3n) is 3.89. The van der Waals surface area contributed by atoms with E-state index < -0.39 is 11.1 Å². The lowest BCUT2D eigenvalue weighted by molar-refractivity contribution is -0.122. The number of halogens is 2. The van der Waals surface area contributed by atoms with Gasteiger partial charge in [0.2, 0.25) is 0 Å². The summed E-state index contributed by atoms with van der Waals surface area (Å²) in [5.41, 5.74) is 1.22. The Labute approximate surface area is 199 Å². The number of nitrogens with zero attached hydrogens (tertiary/aromatic N) is 1. The van der Waals surface area contributed by atoms with Crippen molar-refractivity contribution in [3.05, 3.63) is 65.6 Å². The number of amides is 2. The highest BCUT2D eigenvalue weighted by Gasteiger charge is 2.36. The number of Topliss-reactive ketones (excluding diaryl/α,β-unsaturated/α-hetero) is 1. The molecule has 1 heterocycles. The molecule has 1 aliphatic rings. The lowest BCUT2D eigenvalue weighted by Crippen LogP contribution is -2.33. The van der Waals surface area contributed by atoms with Crippen LogP contribution in [-0.4, -0.2) is 35.0 Å². The molecule has 2 aromatic carbocycles. The maximum atomic E-state index is 12.7. The van der Waals surface area contributed by atoms with Gasteiger partial charge >= 0.3 is 0 Å². The quantitative estimate of drug-likeness (QED) is 0.199. The van der Waals surface area contributed by atoms with Gasteiger partial charge in [0, 0.05) is 5.56 Å². The van der Waals surface area contributed by atoms with E-state index in [0.29, 0.717) is 11.3 Å². The van der Waals surface area contributed by atoms with Gasteiger partial charge in [-0.2, -0.15) is 0 Å². The average molecular weight is 629 g/mol. The van der Waals surface area contributed by atoms with Crippen LogP contribution < -0.4 is 4.74 Å². The van der Waals surface area contributed by atoms with Gasteiger partial charge in [-0.15, -0.1) is 6.42 Å². The fourth-order valence-corrected chi connectivity index (χ4v) is 5.53. The SMILES string of the molecule is C#CCOc1c(I)cc(/C=C2\SC(=O)N(CC(=O)c3ccccc3)C2=O)cc1I. The van der Waals surface area contributed by atoms with Crippen LogP contribution >= 0.6 is 56.9 Å². The Balaban J connectivity index is 1.79. The molecule has 2 aromatic rings. The molecular formula is C21H13I2NO4S. The third kappa shape index (κ3) is 5.21. The summed E-state index contributed by atoms with van der Waals surface area (Å²) in [6.07, 6.45) is 6.88. The number of terminal acetylenes is 1. The largest absolute Gasteiger partial charge is 0.479 e. The zero-order valence-electron chi connectivity index (χ0n) is 14.9. The number of ketones is 1. The van der Waals surface area contributed by atoms with E-state index in [9.17, 15) is 14.4 Å². The van der Waals surface area contributed by atoms with Crippen LogP contribution in [0.25, 0.3) is 6.08 Å². The molecule has 0 radical (unpaired) electrons. The lowest BCUT2D eigenvalue weighted by atomic mass is 10.1. The van der Waals surface area contributed by atoms with E-state index in [1.54, 1.807) is 36.4 Å². The second-order valence-corrected chi connectivity index (χ2v) is 9.18. The summed E-state index contributed by atoms with van der Waals surface area (Å²) < 4.78 is 7.22. The van der Waals surface area contributed by atoms with Crippen LogP contribution in [0.5, 0.6) is 5.75 Å². The second kappa shape index (κ2) is 9.77. The minimum absolute atomic E-state index is 0.166. The fourth-order valence-electron chi connectivity index (χ4n) is 2.56. The first-order valence-corrected chi connectivity index (χ1v) is 11.3. The molecule has 0 saturated carbocycles. The summed E-state index contributed by atoms with van der Waals surface area (Å²) in [5, 5.41) is -0.455. The number of rotatable bonds is 6. The molecule has 0 bridgehead atoms. The highest BCUT2D eigenvalue weighted by atomic mass is 127. The van der Waals surface area contributed by atoms with Crippen molar-refractivity contribution in [1.29, 1.82) is 0 Å². The molecule has 0 spiro atoms. The molecule has 1 aliphatic heterocycles. The topological polar surface area (TPSA) is 63.7 Å². The molecule has 3 rings (SSSR count). The molecule has 0 aliphatic carbocycles. The van der Waals surface area contributed by atoms with Gasteiger partial charge in [-0.25, -0.2) is 0 Å². The number of hydrogen-bond acceptors (Lipinski definition) is 5. The number of hydrogen-bond donors (Lipinski definition) is 0. The minimum atomic E-state index is -0.470. The standard InChI is InChI=1S/C21H13I2NO4S/c1-2-8-28-19-15(22)9-13(10-16(19)23)11-18-20(26)24(21(27)29-18)12-17(25)14-6-4-3-5-7-14/h1,3-7,9-11H,8,12H2/b18-11-. The van der Waals surface area contributed by atoms with Crippen molar-refractivity contribution >= 4 is 79.9 Å². The predicted molar refractivity (Wildman–Crippen MR) is 130 cm³/mol. The van der Waals surface area contributed by atoms with E-state index in [1.807, 2.05) is 12.1 Å². The zero-order valence-corrected chi connectivity index (χ0v) is 20.0. The van der Waals surface area contributed by atoms with Crippen LogP contribution in [-0.2, 0) is 4.79 Å². The predicted octanol–water partition coefficient (Wildman–Crippen LogP) is 4.83. The Kier molecular flexibility index (Phi) is 7.37. The number of ether oxygens (including phenoxy) is 1. The lowest BCUT2D eigenvalue weighted by Gasteiger charge is -2.11. The molecule has 146 valence electrons. The van der Waals surface area contributed by atoms with Crippen LogP contribution in [0, 0.1) is 19.5 Å². The molecule has 29 heavy (non-hydrogen) atoms. The highest BCUT2D eigenvalue weighted by Crippen LogP contribution is 2.34. The van der Waals surface area contributed by atoms with Gasteiger partial charge in [0.15, 0.2) is 5.78 Å². The smallest absolute Gasteiger partial charge is 0.293 e. The van der Waals surface area contributed by atoms with Crippen LogP contribution in [0.2, 0.25) is 0 Å². The van der Waals surface area contributed by atoms with Crippen molar-refractivity contribution in [1.82, 2.24) is 4.90 Å². The third-order valence-corrected chi connectivity index (χ3v) is 6.40. The Hall–Kier alpha value is -1.84. The normalized spacial score (nSPS) is 14.9. The van der Waals surface area contributed by atoms with Gasteiger partial charge in [-0.05, 0) is 80.7 Å². The van der Waals surface area contributed by atoms with Crippen LogP contribution in [0.1, 0.15) is 15.9 Å². The molecule has 0 aromatic heterocycles. The molecule has 8 heteroatoms. The Morgan fingerprint density at radius 2 is 1.83 bits per heavy atom. The van der Waals surface area contributed by atoms with Crippen LogP contribution in [0.3, 0.4) is 0 Å². The van der Waals surface area contributed by atoms with Crippen LogP contribution in [0.4, 0.5) is 4.79 Å². The summed E-state index contributed by atoms with van der Waals surface area (Å²) in [4.78, 5) is 38.6. The second-order valence-electron chi connectivity index (χ2n) is 5.86. The van der Waals surface area contributed by atoms with Gasteiger partial charge in [-0.3, -0.25) is 19.3 Å². The molecule has 1 fully saturated rings. The van der Waals surface area contributed by atoms with E-state index in [4.69, 9.17) is 11.2 Å². The summed E-state index contributed by atoms with van der Waals surface area (Å²) in [6, 6.07) is 12.3. The highest BCUT2D eigenvalue weighted by molar-refractivity contribution is 14.1. The van der Waals surface area contributed by atoms with E-state index in [-0.39, 0.29) is 23.8 Å². The summed E-state index contributed by atoms with van der Waals surface area (Å²) in [6.45, 7) is -0.111. The van der Waals surface area contributed by atoms with Gasteiger partial charge < -0.3 is 4.74 Å². The molecule has 0 N–H and O–H groups in total. The van der Waals surface area contributed by atoms with E-state index >= 15 is 0 Å². The number of thioether (sulfide) groups is 1. The first kappa shape index (κ1) is 21.9. The van der Waals surface area contributed by atoms with E-state index in [2.05, 4.69) is 51.1 Å². The molecule has 0 atom stereocenters. The maximum Gasteiger partial charge on any atom is 0.293 e. The Morgan fingerprint density at radius 1 is 1.17 bits per heavy atom.